The lowest BCUT2D eigenvalue weighted by Crippen LogP contribution is -2.32. The zero-order chi connectivity index (χ0) is 19.6. The summed E-state index contributed by atoms with van der Waals surface area (Å²) in [7, 11) is -3.73. The molecule has 4 rings (SSSR count). The lowest BCUT2D eigenvalue weighted by Gasteiger charge is -2.25. The fraction of sp³-hybridized carbons (Fsp3) is 0.455. The SMILES string of the molecule is O=S(=O)(CCN1CC(c2ccccc2)CC1F)OC1CCCc2ccccc21. The average Bonchev–Trinajstić information content (AvgIpc) is 3.08. The van der Waals surface area contributed by atoms with Crippen LogP contribution in [0, 0.1) is 0 Å². The third-order valence-corrected chi connectivity index (χ3v) is 7.01. The minimum atomic E-state index is -3.73. The molecule has 3 unspecified atom stereocenters. The number of aryl methyl sites for hydroxylation is 1. The lowest BCUT2D eigenvalue weighted by molar-refractivity contribution is 0.132. The second-order valence-electron chi connectivity index (χ2n) is 7.71. The fourth-order valence-corrected chi connectivity index (χ4v) is 5.43. The average molecular weight is 404 g/mol. The summed E-state index contributed by atoms with van der Waals surface area (Å²) < 4.78 is 45.1. The summed E-state index contributed by atoms with van der Waals surface area (Å²) in [5.41, 5.74) is 3.22. The zero-order valence-corrected chi connectivity index (χ0v) is 16.7. The number of hydrogen-bond donors (Lipinski definition) is 0. The van der Waals surface area contributed by atoms with Crippen molar-refractivity contribution in [3.05, 3.63) is 71.3 Å². The van der Waals surface area contributed by atoms with E-state index in [0.29, 0.717) is 19.4 Å². The molecule has 4 nitrogen and oxygen atoms in total. The Hall–Kier alpha value is -1.76. The van der Waals surface area contributed by atoms with E-state index in [1.54, 1.807) is 4.90 Å². The fourth-order valence-electron chi connectivity index (χ4n) is 4.32. The summed E-state index contributed by atoms with van der Waals surface area (Å²) in [6, 6.07) is 17.7. The molecule has 6 heteroatoms. The Morgan fingerprint density at radius 2 is 1.82 bits per heavy atom. The highest BCUT2D eigenvalue weighted by Gasteiger charge is 2.34. The van der Waals surface area contributed by atoms with Gasteiger partial charge in [-0.05, 0) is 36.0 Å². The molecule has 1 heterocycles. The van der Waals surface area contributed by atoms with Crippen molar-refractivity contribution >= 4 is 10.1 Å². The first kappa shape index (κ1) is 19.6. The van der Waals surface area contributed by atoms with Gasteiger partial charge in [-0.25, -0.2) is 4.39 Å². The molecule has 2 aliphatic rings. The first-order valence-corrected chi connectivity index (χ1v) is 11.5. The van der Waals surface area contributed by atoms with E-state index in [4.69, 9.17) is 4.18 Å². The first-order valence-electron chi connectivity index (χ1n) is 9.94. The van der Waals surface area contributed by atoms with Gasteiger partial charge in [-0.15, -0.1) is 0 Å². The molecule has 3 atom stereocenters. The highest BCUT2D eigenvalue weighted by Crippen LogP contribution is 2.34. The number of rotatable bonds is 6. The van der Waals surface area contributed by atoms with Crippen LogP contribution in [0.5, 0.6) is 0 Å². The van der Waals surface area contributed by atoms with Crippen molar-refractivity contribution in [2.45, 2.75) is 44.0 Å². The maximum Gasteiger partial charge on any atom is 0.269 e. The van der Waals surface area contributed by atoms with Gasteiger partial charge in [-0.2, -0.15) is 8.42 Å². The summed E-state index contributed by atoms with van der Waals surface area (Å²) in [4.78, 5) is 1.62. The summed E-state index contributed by atoms with van der Waals surface area (Å²) in [6.07, 6.45) is 1.42. The molecular formula is C22H26FNO3S. The van der Waals surface area contributed by atoms with Gasteiger partial charge < -0.3 is 0 Å². The third kappa shape index (κ3) is 4.45. The normalized spacial score (nSPS) is 25.5. The van der Waals surface area contributed by atoms with Gasteiger partial charge in [-0.1, -0.05) is 54.6 Å². The first-order chi connectivity index (χ1) is 13.5. The standard InChI is InChI=1S/C22H26FNO3S/c23-22-15-19(17-7-2-1-3-8-17)16-24(22)13-14-28(25,26)27-21-12-6-10-18-9-4-5-11-20(18)21/h1-5,7-9,11,19,21-22H,6,10,12-16H2. The molecule has 0 saturated carbocycles. The maximum absolute atomic E-state index is 14.4. The van der Waals surface area contributed by atoms with E-state index in [1.807, 2.05) is 54.6 Å². The molecular weight excluding hydrogens is 377 g/mol. The summed E-state index contributed by atoms with van der Waals surface area (Å²) in [5, 5.41) is 0. The third-order valence-electron chi connectivity index (χ3n) is 5.81. The molecule has 1 aliphatic heterocycles. The number of hydrogen-bond acceptors (Lipinski definition) is 4. The van der Waals surface area contributed by atoms with E-state index in [1.165, 1.54) is 0 Å². The van der Waals surface area contributed by atoms with Crippen LogP contribution in [0.4, 0.5) is 4.39 Å². The summed E-state index contributed by atoms with van der Waals surface area (Å²) in [6.45, 7) is 0.689. The highest BCUT2D eigenvalue weighted by atomic mass is 32.2. The van der Waals surface area contributed by atoms with Gasteiger partial charge in [0.25, 0.3) is 10.1 Å². The van der Waals surface area contributed by atoms with Crippen molar-refractivity contribution in [3.63, 3.8) is 0 Å². The van der Waals surface area contributed by atoms with E-state index in [2.05, 4.69) is 0 Å². The molecule has 1 saturated heterocycles. The molecule has 0 amide bonds. The summed E-state index contributed by atoms with van der Waals surface area (Å²) in [5.74, 6) is -0.0850. The number of fused-ring (bicyclic) bond motifs is 1. The smallest absolute Gasteiger partial charge is 0.269 e. The van der Waals surface area contributed by atoms with Gasteiger partial charge in [0.2, 0.25) is 0 Å². The Kier molecular flexibility index (Phi) is 5.80. The predicted molar refractivity (Wildman–Crippen MR) is 107 cm³/mol. The molecule has 0 spiro atoms. The number of likely N-dealkylation sites (tertiary alicyclic amines) is 1. The van der Waals surface area contributed by atoms with Gasteiger partial charge in [0.15, 0.2) is 6.30 Å². The van der Waals surface area contributed by atoms with Crippen molar-refractivity contribution in [3.8, 4) is 0 Å². The topological polar surface area (TPSA) is 46.6 Å². The number of benzene rings is 2. The van der Waals surface area contributed by atoms with Crippen LogP contribution < -0.4 is 0 Å². The predicted octanol–water partition coefficient (Wildman–Crippen LogP) is 4.20. The van der Waals surface area contributed by atoms with Crippen LogP contribution in [0.1, 0.15) is 48.0 Å². The van der Waals surface area contributed by atoms with E-state index in [9.17, 15) is 12.8 Å². The minimum Gasteiger partial charge on any atom is -0.272 e. The van der Waals surface area contributed by atoms with Crippen LogP contribution in [0.15, 0.2) is 54.6 Å². The molecule has 0 radical (unpaired) electrons. The molecule has 1 aliphatic carbocycles. The molecule has 0 aromatic heterocycles. The van der Waals surface area contributed by atoms with Crippen LogP contribution in [-0.2, 0) is 20.7 Å². The van der Waals surface area contributed by atoms with Crippen LogP contribution in [0.2, 0.25) is 0 Å². The lowest BCUT2D eigenvalue weighted by atomic mass is 9.90. The van der Waals surface area contributed by atoms with Crippen LogP contribution in [0.25, 0.3) is 0 Å². The van der Waals surface area contributed by atoms with Gasteiger partial charge >= 0.3 is 0 Å². The Morgan fingerprint density at radius 3 is 2.64 bits per heavy atom. The van der Waals surface area contributed by atoms with E-state index < -0.39 is 22.5 Å². The van der Waals surface area contributed by atoms with Crippen molar-refractivity contribution in [2.24, 2.45) is 0 Å². The number of nitrogens with zero attached hydrogens (tertiary/aromatic N) is 1. The molecule has 0 N–H and O–H groups in total. The summed E-state index contributed by atoms with van der Waals surface area (Å²) >= 11 is 0. The largest absolute Gasteiger partial charge is 0.272 e. The Morgan fingerprint density at radius 1 is 1.07 bits per heavy atom. The quantitative estimate of drug-likeness (QED) is 0.536. The second kappa shape index (κ2) is 8.31. The van der Waals surface area contributed by atoms with E-state index in [-0.39, 0.29) is 18.2 Å². The van der Waals surface area contributed by atoms with Gasteiger partial charge in [0, 0.05) is 25.4 Å². The van der Waals surface area contributed by atoms with E-state index >= 15 is 0 Å². The Bertz CT molecular complexity index is 903. The Labute approximate surface area is 166 Å². The van der Waals surface area contributed by atoms with Gasteiger partial charge in [0.05, 0.1) is 5.75 Å². The van der Waals surface area contributed by atoms with Gasteiger partial charge in [0.1, 0.15) is 6.10 Å². The molecule has 0 bridgehead atoms. The van der Waals surface area contributed by atoms with Crippen LogP contribution in [-0.4, -0.2) is 38.5 Å². The Balaban J connectivity index is 1.36. The van der Waals surface area contributed by atoms with Crippen molar-refractivity contribution in [2.75, 3.05) is 18.8 Å². The number of alkyl halides is 1. The maximum atomic E-state index is 14.4. The van der Waals surface area contributed by atoms with Crippen LogP contribution >= 0.6 is 0 Å². The number of halogens is 1. The molecule has 150 valence electrons. The highest BCUT2D eigenvalue weighted by molar-refractivity contribution is 7.86. The van der Waals surface area contributed by atoms with E-state index in [0.717, 1.165) is 29.5 Å². The minimum absolute atomic E-state index is 0.102. The molecule has 2 aromatic rings. The van der Waals surface area contributed by atoms with Crippen LogP contribution in [0.3, 0.4) is 0 Å². The monoisotopic (exact) mass is 403 g/mol. The molecule has 1 fully saturated rings. The van der Waals surface area contributed by atoms with Gasteiger partial charge in [-0.3, -0.25) is 9.08 Å². The molecule has 2 aromatic carbocycles. The van der Waals surface area contributed by atoms with Crippen molar-refractivity contribution < 1.29 is 17.0 Å². The van der Waals surface area contributed by atoms with Crippen molar-refractivity contribution in [1.29, 1.82) is 0 Å². The molecule has 28 heavy (non-hydrogen) atoms. The second-order valence-corrected chi connectivity index (χ2v) is 9.43. The zero-order valence-electron chi connectivity index (χ0n) is 15.8. The van der Waals surface area contributed by atoms with Crippen molar-refractivity contribution in [1.82, 2.24) is 4.90 Å².